The smallest absolute Gasteiger partial charge is 0.315 e. The van der Waals surface area contributed by atoms with E-state index in [0.717, 1.165) is 78.5 Å². The van der Waals surface area contributed by atoms with E-state index >= 15 is 0 Å². The topological polar surface area (TPSA) is 72.2 Å². The predicted molar refractivity (Wildman–Crippen MR) is 93.4 cm³/mol. The molecule has 0 aromatic carbocycles. The van der Waals surface area contributed by atoms with Crippen LogP contribution in [0.25, 0.3) is 0 Å². The molecule has 23 heavy (non-hydrogen) atoms. The van der Waals surface area contributed by atoms with E-state index in [-0.39, 0.29) is 27.6 Å². The van der Waals surface area contributed by atoms with Crippen molar-refractivity contribution >= 4 is 0 Å². The van der Waals surface area contributed by atoms with Crippen molar-refractivity contribution in [3.05, 3.63) is 0 Å². The van der Waals surface area contributed by atoms with Crippen molar-refractivity contribution < 1.29 is 16.8 Å². The van der Waals surface area contributed by atoms with E-state index < -0.39 is 0 Å². The van der Waals surface area contributed by atoms with E-state index in [9.17, 15) is 0 Å². The van der Waals surface area contributed by atoms with Crippen molar-refractivity contribution in [3.8, 4) is 0 Å². The van der Waals surface area contributed by atoms with Gasteiger partial charge in [0.25, 0.3) is 0 Å². The molecule has 3 aliphatic heterocycles. The van der Waals surface area contributed by atoms with Crippen LogP contribution in [0.15, 0.2) is 0 Å². The summed E-state index contributed by atoms with van der Waals surface area (Å²) in [6.07, 6.45) is 0. The minimum Gasteiger partial charge on any atom is -0.315 e. The molecule has 0 unspecified atom stereocenters. The Labute approximate surface area is 152 Å². The van der Waals surface area contributed by atoms with E-state index in [1.807, 2.05) is 0 Å². The number of fused-ring (bicyclic) bond motifs is 15. The first-order chi connectivity index (χ1) is 10.6. The summed E-state index contributed by atoms with van der Waals surface area (Å²) >= 11 is 0. The van der Waals surface area contributed by atoms with Gasteiger partial charge < -0.3 is 31.9 Å². The number of rotatable bonds is 0. The Bertz CT molecular complexity index is 241. The van der Waals surface area contributed by atoms with Crippen LogP contribution in [0.1, 0.15) is 13.8 Å². The zero-order valence-corrected chi connectivity index (χ0v) is 15.9. The molecule has 0 atom stereocenters. The minimum absolute atomic E-state index is 0. The first-order valence-corrected chi connectivity index (χ1v) is 8.86. The molecule has 7 heteroatoms. The molecule has 0 aromatic rings. The summed E-state index contributed by atoms with van der Waals surface area (Å²) in [7, 11) is 0. The van der Waals surface area contributed by atoms with Gasteiger partial charge in [0, 0.05) is 89.4 Å². The van der Waals surface area contributed by atoms with E-state index in [2.05, 4.69) is 45.7 Å². The van der Waals surface area contributed by atoms with Crippen molar-refractivity contribution in [2.24, 2.45) is 10.8 Å². The standard InChI is InChI=1S/C16H36N6.Co/c1-15-9-17-3-6-20-12-16(2,13-21-7-4-18-10-15)14-22-8-5-19-11-15;/h17-22H,3-14H2,1-2H3;/q;+3. The molecule has 3 rings (SSSR count). The van der Waals surface area contributed by atoms with Crippen molar-refractivity contribution in [2.45, 2.75) is 13.8 Å². The SMILES string of the molecule is CC12CNCCNCC(C)(CNCCNC1)CNCCNC2.[Co+3]. The molecule has 2 bridgehead atoms. The Morgan fingerprint density at radius 2 is 0.609 bits per heavy atom. The van der Waals surface area contributed by atoms with E-state index in [4.69, 9.17) is 0 Å². The van der Waals surface area contributed by atoms with Crippen LogP contribution in [0, 0.1) is 10.8 Å². The molecule has 0 amide bonds. The second kappa shape index (κ2) is 11.0. The van der Waals surface area contributed by atoms with Crippen LogP contribution in [0.4, 0.5) is 0 Å². The molecular weight excluding hydrogens is 335 g/mol. The third-order valence-electron chi connectivity index (χ3n) is 4.75. The second-order valence-electron chi connectivity index (χ2n) is 7.68. The molecule has 3 fully saturated rings. The van der Waals surface area contributed by atoms with E-state index in [0.29, 0.717) is 0 Å². The van der Waals surface area contributed by atoms with Crippen LogP contribution in [0.5, 0.6) is 0 Å². The second-order valence-corrected chi connectivity index (χ2v) is 7.68. The molecule has 3 aliphatic rings. The van der Waals surface area contributed by atoms with Crippen molar-refractivity contribution in [3.63, 3.8) is 0 Å². The maximum absolute atomic E-state index is 3.63. The van der Waals surface area contributed by atoms with Gasteiger partial charge in [-0.1, -0.05) is 13.8 Å². The average molecular weight is 371 g/mol. The van der Waals surface area contributed by atoms with Gasteiger partial charge in [0.15, 0.2) is 0 Å². The fourth-order valence-corrected chi connectivity index (χ4v) is 3.25. The summed E-state index contributed by atoms with van der Waals surface area (Å²) in [5.74, 6) is 0. The van der Waals surface area contributed by atoms with Gasteiger partial charge in [-0.05, 0) is 0 Å². The number of hydrogen-bond acceptors (Lipinski definition) is 6. The Kier molecular flexibility index (Phi) is 10.2. The minimum atomic E-state index is 0. The van der Waals surface area contributed by atoms with Crippen LogP contribution in [0.3, 0.4) is 0 Å². The Morgan fingerprint density at radius 3 is 0.783 bits per heavy atom. The Balaban J connectivity index is 0.00000264. The number of hydrogen-bond donors (Lipinski definition) is 6. The van der Waals surface area contributed by atoms with Gasteiger partial charge in [-0.3, -0.25) is 0 Å². The van der Waals surface area contributed by atoms with Gasteiger partial charge in [0.1, 0.15) is 0 Å². The number of nitrogens with one attached hydrogen (secondary N) is 6. The summed E-state index contributed by atoms with van der Waals surface area (Å²) in [6, 6.07) is 0. The van der Waals surface area contributed by atoms with E-state index in [1.54, 1.807) is 0 Å². The van der Waals surface area contributed by atoms with Gasteiger partial charge >= 0.3 is 16.8 Å². The molecule has 3 saturated heterocycles. The summed E-state index contributed by atoms with van der Waals surface area (Å²) < 4.78 is 0. The molecule has 3 heterocycles. The molecule has 0 spiro atoms. The normalized spacial score (nSPS) is 35.7. The van der Waals surface area contributed by atoms with Crippen LogP contribution in [0.2, 0.25) is 0 Å². The van der Waals surface area contributed by atoms with Crippen LogP contribution in [-0.4, -0.2) is 78.5 Å². The van der Waals surface area contributed by atoms with Gasteiger partial charge in [-0.15, -0.1) is 0 Å². The first kappa shape index (κ1) is 21.3. The monoisotopic (exact) mass is 371 g/mol. The Morgan fingerprint density at radius 1 is 0.435 bits per heavy atom. The average Bonchev–Trinajstić information content (AvgIpc) is 2.49. The van der Waals surface area contributed by atoms with Gasteiger partial charge in [0.05, 0.1) is 0 Å². The third kappa shape index (κ3) is 8.26. The van der Waals surface area contributed by atoms with Crippen LogP contribution >= 0.6 is 0 Å². The van der Waals surface area contributed by atoms with Gasteiger partial charge in [0.2, 0.25) is 0 Å². The fourth-order valence-electron chi connectivity index (χ4n) is 3.25. The Hall–Kier alpha value is 0.266. The largest absolute Gasteiger partial charge is 3.00 e. The first-order valence-electron chi connectivity index (χ1n) is 8.86. The molecule has 136 valence electrons. The third-order valence-corrected chi connectivity index (χ3v) is 4.75. The molecule has 6 nitrogen and oxygen atoms in total. The van der Waals surface area contributed by atoms with Crippen LogP contribution in [-0.2, 0) is 16.8 Å². The zero-order valence-electron chi connectivity index (χ0n) is 14.8. The predicted octanol–water partition coefficient (Wildman–Crippen LogP) is -1.44. The molecule has 0 saturated carbocycles. The van der Waals surface area contributed by atoms with Crippen molar-refractivity contribution in [1.82, 2.24) is 31.9 Å². The molecule has 0 radical (unpaired) electrons. The molecule has 6 N–H and O–H groups in total. The van der Waals surface area contributed by atoms with Crippen molar-refractivity contribution in [1.29, 1.82) is 0 Å². The quantitative estimate of drug-likeness (QED) is 0.314. The molecular formula is C16H36CoN6+3. The summed E-state index contributed by atoms with van der Waals surface area (Å²) in [5, 5.41) is 21.8. The fraction of sp³-hybridized carbons (Fsp3) is 1.00. The zero-order chi connectivity index (χ0) is 15.7. The maximum Gasteiger partial charge on any atom is 3.00 e. The summed E-state index contributed by atoms with van der Waals surface area (Å²) in [5.41, 5.74) is 0.505. The van der Waals surface area contributed by atoms with Crippen molar-refractivity contribution in [2.75, 3.05) is 78.5 Å². The molecule has 0 aromatic heterocycles. The maximum atomic E-state index is 3.63. The summed E-state index contributed by atoms with van der Waals surface area (Å²) in [6.45, 7) is 17.2. The van der Waals surface area contributed by atoms with Gasteiger partial charge in [-0.2, -0.15) is 0 Å². The molecule has 0 aliphatic carbocycles. The van der Waals surface area contributed by atoms with E-state index in [1.165, 1.54) is 0 Å². The van der Waals surface area contributed by atoms with Crippen LogP contribution < -0.4 is 31.9 Å². The summed E-state index contributed by atoms with van der Waals surface area (Å²) in [4.78, 5) is 0. The van der Waals surface area contributed by atoms with Gasteiger partial charge in [-0.25, -0.2) is 0 Å².